The van der Waals surface area contributed by atoms with Crippen LogP contribution in [-0.4, -0.2) is 70.2 Å². The number of carboxylic acids is 1. The second-order valence-corrected chi connectivity index (χ2v) is 10.2. The standard InChI is InChI=1S/C29H38N6O5S/c30-13-7-6-11-21(31)26(36)33-23(15-19-16-32-22-12-5-4-10-20(19)22)27(37)35-25(17-41)28(38)34-24(29(39)40)14-18-8-2-1-3-9-18/h1-5,8-10,12,16,21,23-25,32,41H,6-7,11,13-15,17,30-31H2,(H,33,36)(H,34,38)(H,35,37)(H,39,40). The smallest absolute Gasteiger partial charge is 0.326 e. The summed E-state index contributed by atoms with van der Waals surface area (Å²) in [6, 6.07) is 12.2. The molecule has 0 spiro atoms. The van der Waals surface area contributed by atoms with Crippen LogP contribution in [0.4, 0.5) is 0 Å². The molecule has 0 aliphatic heterocycles. The van der Waals surface area contributed by atoms with Crippen molar-refractivity contribution in [2.75, 3.05) is 12.3 Å². The third-order valence-electron chi connectivity index (χ3n) is 6.75. The molecule has 0 aliphatic carbocycles. The Bertz CT molecular complexity index is 1320. The van der Waals surface area contributed by atoms with E-state index in [0.717, 1.165) is 28.5 Å². The Morgan fingerprint density at radius 1 is 0.829 bits per heavy atom. The van der Waals surface area contributed by atoms with Gasteiger partial charge in [0.15, 0.2) is 0 Å². The first-order chi connectivity index (χ1) is 19.7. The van der Waals surface area contributed by atoms with Crippen LogP contribution in [0.15, 0.2) is 60.8 Å². The zero-order valence-corrected chi connectivity index (χ0v) is 23.6. The highest BCUT2D eigenvalue weighted by molar-refractivity contribution is 7.80. The van der Waals surface area contributed by atoms with Gasteiger partial charge in [-0.3, -0.25) is 14.4 Å². The number of hydrogen-bond donors (Lipinski definition) is 8. The van der Waals surface area contributed by atoms with E-state index in [-0.39, 0.29) is 18.6 Å². The Morgan fingerprint density at radius 2 is 1.46 bits per heavy atom. The zero-order chi connectivity index (χ0) is 29.8. The van der Waals surface area contributed by atoms with Gasteiger partial charge >= 0.3 is 5.97 Å². The molecular formula is C29H38N6O5S. The quantitative estimate of drug-likeness (QED) is 0.0907. The highest BCUT2D eigenvalue weighted by Gasteiger charge is 2.30. The van der Waals surface area contributed by atoms with Gasteiger partial charge in [0.25, 0.3) is 0 Å². The molecule has 4 unspecified atom stereocenters. The maximum atomic E-state index is 13.5. The molecular weight excluding hydrogens is 544 g/mol. The van der Waals surface area contributed by atoms with E-state index >= 15 is 0 Å². The first-order valence-electron chi connectivity index (χ1n) is 13.5. The molecule has 3 rings (SSSR count). The summed E-state index contributed by atoms with van der Waals surface area (Å²) in [7, 11) is 0. The van der Waals surface area contributed by atoms with Crippen molar-refractivity contribution in [2.24, 2.45) is 11.5 Å². The minimum atomic E-state index is -1.21. The molecule has 3 aromatic rings. The van der Waals surface area contributed by atoms with Gasteiger partial charge in [0.05, 0.1) is 6.04 Å². The summed E-state index contributed by atoms with van der Waals surface area (Å²) in [5, 5.41) is 18.4. The van der Waals surface area contributed by atoms with Gasteiger partial charge in [0.1, 0.15) is 18.1 Å². The van der Waals surface area contributed by atoms with Crippen molar-refractivity contribution in [3.63, 3.8) is 0 Å². The van der Waals surface area contributed by atoms with E-state index in [9.17, 15) is 24.3 Å². The molecule has 11 nitrogen and oxygen atoms in total. The topological polar surface area (TPSA) is 192 Å². The molecule has 0 saturated carbocycles. The zero-order valence-electron chi connectivity index (χ0n) is 22.7. The van der Waals surface area contributed by atoms with Crippen LogP contribution in [0.2, 0.25) is 0 Å². The fourth-order valence-corrected chi connectivity index (χ4v) is 4.69. The van der Waals surface area contributed by atoms with Crippen molar-refractivity contribution in [3.05, 3.63) is 71.9 Å². The fraction of sp³-hybridized carbons (Fsp3) is 0.379. The average Bonchev–Trinajstić information content (AvgIpc) is 3.38. The highest BCUT2D eigenvalue weighted by Crippen LogP contribution is 2.19. The Balaban J connectivity index is 1.74. The molecule has 41 heavy (non-hydrogen) atoms. The van der Waals surface area contributed by atoms with E-state index < -0.39 is 47.9 Å². The van der Waals surface area contributed by atoms with Crippen LogP contribution in [0.3, 0.4) is 0 Å². The minimum absolute atomic E-state index is 0.0659. The average molecular weight is 583 g/mol. The van der Waals surface area contributed by atoms with E-state index in [1.807, 2.05) is 30.3 Å². The number of carbonyl (C=O) groups is 4. The summed E-state index contributed by atoms with van der Waals surface area (Å²) in [5.74, 6) is -3.13. The largest absolute Gasteiger partial charge is 0.480 e. The minimum Gasteiger partial charge on any atom is -0.480 e. The number of benzene rings is 2. The molecule has 1 aromatic heterocycles. The summed E-state index contributed by atoms with van der Waals surface area (Å²) in [6.45, 7) is 0.487. The number of aliphatic carboxylic acids is 1. The van der Waals surface area contributed by atoms with Crippen LogP contribution in [-0.2, 0) is 32.0 Å². The molecule has 0 radical (unpaired) electrons. The van der Waals surface area contributed by atoms with Crippen LogP contribution in [0, 0.1) is 0 Å². The van der Waals surface area contributed by atoms with E-state index in [1.165, 1.54) is 0 Å². The molecule has 220 valence electrons. The summed E-state index contributed by atoms with van der Waals surface area (Å²) in [4.78, 5) is 54.4. The molecule has 0 saturated heterocycles. The molecule has 12 heteroatoms. The van der Waals surface area contributed by atoms with Crippen molar-refractivity contribution in [1.29, 1.82) is 0 Å². The van der Waals surface area contributed by atoms with Crippen molar-refractivity contribution in [2.45, 2.75) is 56.3 Å². The van der Waals surface area contributed by atoms with Crippen molar-refractivity contribution in [1.82, 2.24) is 20.9 Å². The van der Waals surface area contributed by atoms with E-state index in [1.54, 1.807) is 30.5 Å². The number of nitrogens with two attached hydrogens (primary N) is 2. The van der Waals surface area contributed by atoms with Gasteiger partial charge in [0, 0.05) is 35.7 Å². The van der Waals surface area contributed by atoms with E-state index in [4.69, 9.17) is 11.5 Å². The Hall–Kier alpha value is -3.87. The number of unbranched alkanes of at least 4 members (excludes halogenated alkanes) is 1. The maximum absolute atomic E-state index is 13.5. The summed E-state index contributed by atoms with van der Waals surface area (Å²) in [5.41, 5.74) is 14.0. The van der Waals surface area contributed by atoms with Crippen LogP contribution >= 0.6 is 12.6 Å². The number of H-pyrrole nitrogens is 1. The normalized spacial score (nSPS) is 14.0. The van der Waals surface area contributed by atoms with E-state index in [0.29, 0.717) is 19.4 Å². The predicted molar refractivity (Wildman–Crippen MR) is 160 cm³/mol. The van der Waals surface area contributed by atoms with E-state index in [2.05, 4.69) is 33.6 Å². The van der Waals surface area contributed by atoms with Gasteiger partial charge in [-0.05, 0) is 36.6 Å². The third-order valence-corrected chi connectivity index (χ3v) is 7.12. The second kappa shape index (κ2) is 15.8. The number of fused-ring (bicyclic) bond motifs is 1. The Labute approximate surface area is 244 Å². The van der Waals surface area contributed by atoms with Crippen LogP contribution in [0.25, 0.3) is 10.9 Å². The Morgan fingerprint density at radius 3 is 2.15 bits per heavy atom. The second-order valence-electron chi connectivity index (χ2n) is 9.85. The lowest BCUT2D eigenvalue weighted by atomic mass is 10.0. The number of carboxylic acid groups (broad SMARTS) is 1. The summed E-state index contributed by atoms with van der Waals surface area (Å²) < 4.78 is 0. The van der Waals surface area contributed by atoms with Gasteiger partial charge in [0.2, 0.25) is 17.7 Å². The molecule has 0 fully saturated rings. The lowest BCUT2D eigenvalue weighted by Gasteiger charge is -2.24. The molecule has 4 atom stereocenters. The van der Waals surface area contributed by atoms with Crippen LogP contribution < -0.4 is 27.4 Å². The number of thiol groups is 1. The number of aromatic amines is 1. The predicted octanol–water partition coefficient (Wildman–Crippen LogP) is 0.878. The summed E-state index contributed by atoms with van der Waals surface area (Å²) >= 11 is 4.21. The first-order valence-corrected chi connectivity index (χ1v) is 14.2. The SMILES string of the molecule is NCCCCC(N)C(=O)NC(Cc1c[nH]c2ccccc12)C(=O)NC(CS)C(=O)NC(Cc1ccccc1)C(=O)O. The number of nitrogens with one attached hydrogen (secondary N) is 4. The number of aromatic nitrogens is 1. The van der Waals surface area contributed by atoms with Gasteiger partial charge in [-0.2, -0.15) is 12.6 Å². The van der Waals surface area contributed by atoms with Crippen LogP contribution in [0.5, 0.6) is 0 Å². The highest BCUT2D eigenvalue weighted by atomic mass is 32.1. The first kappa shape index (κ1) is 31.7. The van der Waals surface area contributed by atoms with Crippen molar-refractivity contribution >= 4 is 47.2 Å². The van der Waals surface area contributed by atoms with Gasteiger partial charge < -0.3 is 37.5 Å². The molecule has 0 bridgehead atoms. The third kappa shape index (κ3) is 9.34. The molecule has 3 amide bonds. The molecule has 0 aliphatic rings. The maximum Gasteiger partial charge on any atom is 0.326 e. The van der Waals surface area contributed by atoms with Crippen molar-refractivity contribution in [3.8, 4) is 0 Å². The number of rotatable bonds is 16. The van der Waals surface area contributed by atoms with Crippen molar-refractivity contribution < 1.29 is 24.3 Å². The summed E-state index contributed by atoms with van der Waals surface area (Å²) in [6.07, 6.45) is 3.76. The van der Waals surface area contributed by atoms with Gasteiger partial charge in [-0.15, -0.1) is 0 Å². The van der Waals surface area contributed by atoms with Crippen LogP contribution in [0.1, 0.15) is 30.4 Å². The number of carbonyl (C=O) groups excluding carboxylic acids is 3. The molecule has 1 heterocycles. The van der Waals surface area contributed by atoms with Gasteiger partial charge in [-0.1, -0.05) is 55.0 Å². The molecule has 2 aromatic carbocycles. The monoisotopic (exact) mass is 582 g/mol. The lowest BCUT2D eigenvalue weighted by Crippen LogP contribution is -2.58. The number of para-hydroxylation sites is 1. The molecule has 9 N–H and O–H groups in total. The fourth-order valence-electron chi connectivity index (χ4n) is 4.44. The number of hydrogen-bond acceptors (Lipinski definition) is 7. The van der Waals surface area contributed by atoms with Gasteiger partial charge in [-0.25, -0.2) is 4.79 Å². The Kier molecular flexibility index (Phi) is 12.2. The lowest BCUT2D eigenvalue weighted by molar-refractivity contribution is -0.142. The number of amides is 3.